The molecule has 2 N–H and O–H groups in total. The Hall–Kier alpha value is -2.17. The van der Waals surface area contributed by atoms with E-state index in [-0.39, 0.29) is 18.0 Å². The number of methoxy groups -OCH3 is 1. The highest BCUT2D eigenvalue weighted by molar-refractivity contribution is 7.89. The number of halogens is 1. The van der Waals surface area contributed by atoms with E-state index in [1.165, 1.54) is 42.6 Å². The molecule has 0 aliphatic carbocycles. The molecule has 29 heavy (non-hydrogen) atoms. The number of hydrogen-bond acceptors (Lipinski definition) is 6. The summed E-state index contributed by atoms with van der Waals surface area (Å²) < 4.78 is 31.3. The van der Waals surface area contributed by atoms with Crippen molar-refractivity contribution in [1.82, 2.24) is 14.9 Å². The molecule has 0 aromatic heterocycles. The zero-order valence-corrected chi connectivity index (χ0v) is 17.8. The number of hydrogen-bond donors (Lipinski definition) is 2. The number of ether oxygens (including phenoxy) is 1. The van der Waals surface area contributed by atoms with E-state index in [0.717, 1.165) is 0 Å². The second-order valence-corrected chi connectivity index (χ2v) is 9.05. The topological polar surface area (TPSA) is 122 Å². The van der Waals surface area contributed by atoms with Crippen LogP contribution >= 0.6 is 11.6 Å². The van der Waals surface area contributed by atoms with Crippen molar-refractivity contribution in [3.8, 4) is 0 Å². The Morgan fingerprint density at radius 2 is 1.93 bits per heavy atom. The van der Waals surface area contributed by atoms with Gasteiger partial charge >= 0.3 is 5.97 Å². The highest BCUT2D eigenvalue weighted by Crippen LogP contribution is 2.25. The van der Waals surface area contributed by atoms with Gasteiger partial charge in [0.05, 0.1) is 17.9 Å². The Kier molecular flexibility index (Phi) is 8.00. The molecule has 0 spiro atoms. The van der Waals surface area contributed by atoms with E-state index in [0.29, 0.717) is 24.4 Å². The van der Waals surface area contributed by atoms with Crippen LogP contribution in [0, 0.1) is 5.92 Å². The normalized spacial score (nSPS) is 18.5. The molecule has 2 amide bonds. The minimum absolute atomic E-state index is 0.0211. The maximum absolute atomic E-state index is 12.8. The number of amides is 2. The Balaban J connectivity index is 1.97. The number of nitrogens with zero attached hydrogens (tertiary/aromatic N) is 1. The zero-order chi connectivity index (χ0) is 21.6. The van der Waals surface area contributed by atoms with Crippen LogP contribution in [0.5, 0.6) is 0 Å². The van der Waals surface area contributed by atoms with Crippen LogP contribution in [0.25, 0.3) is 0 Å². The number of benzene rings is 1. The number of nitrogens with one attached hydrogen (secondary N) is 2. The van der Waals surface area contributed by atoms with Crippen LogP contribution in [0.2, 0.25) is 5.02 Å². The number of esters is 1. The van der Waals surface area contributed by atoms with Crippen LogP contribution in [-0.2, 0) is 29.1 Å². The van der Waals surface area contributed by atoms with E-state index in [1.807, 2.05) is 0 Å². The third-order valence-electron chi connectivity index (χ3n) is 4.59. The van der Waals surface area contributed by atoms with Crippen LogP contribution < -0.4 is 10.6 Å². The number of carbonyl (C=O) groups is 3. The molecule has 2 atom stereocenters. The first kappa shape index (κ1) is 23.1. The standard InChI is InChI=1S/C18H24ClN3O6S/c1-12(17(24)20-10-16(23)28-2)21-18(25)13-4-3-9-22(11-13)29(26,27)15-7-5-14(19)6-8-15/h5-8,12-13H,3-4,9-11H2,1-2H3,(H,20,24)(H,21,25)/t12-,13+/m1/s1. The molecule has 160 valence electrons. The first-order chi connectivity index (χ1) is 13.6. The van der Waals surface area contributed by atoms with Crippen molar-refractivity contribution in [2.45, 2.75) is 30.7 Å². The van der Waals surface area contributed by atoms with Gasteiger partial charge in [0.25, 0.3) is 0 Å². The molecule has 1 saturated heterocycles. The van der Waals surface area contributed by atoms with Crippen molar-refractivity contribution >= 4 is 39.4 Å². The molecule has 1 fully saturated rings. The quantitative estimate of drug-likeness (QED) is 0.590. The van der Waals surface area contributed by atoms with E-state index in [2.05, 4.69) is 15.4 Å². The maximum Gasteiger partial charge on any atom is 0.325 e. The molecular formula is C18H24ClN3O6S. The molecule has 11 heteroatoms. The molecule has 0 saturated carbocycles. The van der Waals surface area contributed by atoms with Crippen LogP contribution in [0.4, 0.5) is 0 Å². The molecule has 1 aromatic rings. The van der Waals surface area contributed by atoms with E-state index in [9.17, 15) is 22.8 Å². The Morgan fingerprint density at radius 3 is 2.55 bits per heavy atom. The van der Waals surface area contributed by atoms with Crippen LogP contribution in [0.1, 0.15) is 19.8 Å². The van der Waals surface area contributed by atoms with Crippen LogP contribution in [0.15, 0.2) is 29.2 Å². The molecule has 2 rings (SSSR count). The molecule has 1 aliphatic heterocycles. The molecule has 1 aliphatic rings. The van der Waals surface area contributed by atoms with Crippen LogP contribution in [0.3, 0.4) is 0 Å². The first-order valence-corrected chi connectivity index (χ1v) is 10.9. The fourth-order valence-electron chi connectivity index (χ4n) is 2.91. The molecule has 1 heterocycles. The summed E-state index contributed by atoms with van der Waals surface area (Å²) in [5, 5.41) is 5.35. The summed E-state index contributed by atoms with van der Waals surface area (Å²) in [5.74, 6) is -2.14. The Morgan fingerprint density at radius 1 is 1.28 bits per heavy atom. The van der Waals surface area contributed by atoms with Gasteiger partial charge in [-0.05, 0) is 44.0 Å². The second kappa shape index (κ2) is 10.0. The van der Waals surface area contributed by atoms with Gasteiger partial charge in [0.1, 0.15) is 12.6 Å². The molecule has 0 bridgehead atoms. The van der Waals surface area contributed by atoms with Gasteiger partial charge in [-0.1, -0.05) is 11.6 Å². The first-order valence-electron chi connectivity index (χ1n) is 9.05. The lowest BCUT2D eigenvalue weighted by Gasteiger charge is -2.31. The zero-order valence-electron chi connectivity index (χ0n) is 16.2. The molecule has 9 nitrogen and oxygen atoms in total. The minimum atomic E-state index is -3.75. The molecular weight excluding hydrogens is 422 g/mol. The molecule has 1 aromatic carbocycles. The van der Waals surface area contributed by atoms with Crippen molar-refractivity contribution < 1.29 is 27.5 Å². The number of sulfonamides is 1. The average molecular weight is 446 g/mol. The highest BCUT2D eigenvalue weighted by Gasteiger charge is 2.34. The van der Waals surface area contributed by atoms with E-state index in [1.54, 1.807) is 0 Å². The van der Waals surface area contributed by atoms with Gasteiger partial charge in [-0.25, -0.2) is 8.42 Å². The number of carbonyl (C=O) groups excluding carboxylic acids is 3. The average Bonchev–Trinajstić information content (AvgIpc) is 2.71. The maximum atomic E-state index is 12.8. The summed E-state index contributed by atoms with van der Waals surface area (Å²) in [6.45, 7) is 1.51. The van der Waals surface area contributed by atoms with Gasteiger partial charge in [0.15, 0.2) is 0 Å². The smallest absolute Gasteiger partial charge is 0.325 e. The van der Waals surface area contributed by atoms with Gasteiger partial charge in [0, 0.05) is 18.1 Å². The SMILES string of the molecule is COC(=O)CNC(=O)[C@@H](C)NC(=O)[C@H]1CCCN(S(=O)(=O)c2ccc(Cl)cc2)C1. The van der Waals surface area contributed by atoms with E-state index in [4.69, 9.17) is 11.6 Å². The summed E-state index contributed by atoms with van der Waals surface area (Å²) >= 11 is 5.81. The largest absolute Gasteiger partial charge is 0.468 e. The lowest BCUT2D eigenvalue weighted by atomic mass is 9.98. The Bertz CT molecular complexity index is 859. The summed E-state index contributed by atoms with van der Waals surface area (Å²) in [6.07, 6.45) is 1.03. The van der Waals surface area contributed by atoms with Gasteiger partial charge in [-0.2, -0.15) is 4.31 Å². The monoisotopic (exact) mass is 445 g/mol. The second-order valence-electron chi connectivity index (χ2n) is 6.68. The predicted molar refractivity (Wildman–Crippen MR) is 106 cm³/mol. The third kappa shape index (κ3) is 6.15. The Labute approximate surface area is 174 Å². The summed E-state index contributed by atoms with van der Waals surface area (Å²) in [7, 11) is -2.55. The molecule has 0 radical (unpaired) electrons. The van der Waals surface area contributed by atoms with Crippen molar-refractivity contribution in [3.05, 3.63) is 29.3 Å². The fourth-order valence-corrected chi connectivity index (χ4v) is 4.56. The summed E-state index contributed by atoms with van der Waals surface area (Å²) in [6, 6.07) is 4.97. The lowest BCUT2D eigenvalue weighted by Crippen LogP contribution is -2.51. The van der Waals surface area contributed by atoms with Crippen molar-refractivity contribution in [2.24, 2.45) is 5.92 Å². The minimum Gasteiger partial charge on any atom is -0.468 e. The summed E-state index contributed by atoms with van der Waals surface area (Å²) in [5.41, 5.74) is 0. The highest BCUT2D eigenvalue weighted by atomic mass is 35.5. The fraction of sp³-hybridized carbons (Fsp3) is 0.500. The number of rotatable bonds is 7. The lowest BCUT2D eigenvalue weighted by molar-refractivity contribution is -0.141. The van der Waals surface area contributed by atoms with E-state index < -0.39 is 39.8 Å². The van der Waals surface area contributed by atoms with Crippen molar-refractivity contribution in [2.75, 3.05) is 26.7 Å². The predicted octanol–water partition coefficient (Wildman–Crippen LogP) is 0.535. The van der Waals surface area contributed by atoms with Gasteiger partial charge < -0.3 is 15.4 Å². The van der Waals surface area contributed by atoms with Gasteiger partial charge in [0.2, 0.25) is 21.8 Å². The molecule has 0 unspecified atom stereocenters. The van der Waals surface area contributed by atoms with Gasteiger partial charge in [-0.3, -0.25) is 14.4 Å². The summed E-state index contributed by atoms with van der Waals surface area (Å²) in [4.78, 5) is 35.7. The third-order valence-corrected chi connectivity index (χ3v) is 6.72. The van der Waals surface area contributed by atoms with Crippen LogP contribution in [-0.4, -0.2) is 63.3 Å². The van der Waals surface area contributed by atoms with Crippen molar-refractivity contribution in [1.29, 1.82) is 0 Å². The van der Waals surface area contributed by atoms with Gasteiger partial charge in [-0.15, -0.1) is 0 Å². The van der Waals surface area contributed by atoms with E-state index >= 15 is 0 Å². The number of piperidine rings is 1. The van der Waals surface area contributed by atoms with Crippen molar-refractivity contribution in [3.63, 3.8) is 0 Å².